The van der Waals surface area contributed by atoms with Gasteiger partial charge in [-0.1, -0.05) is 53.6 Å². The zero-order chi connectivity index (χ0) is 18.4. The lowest BCUT2D eigenvalue weighted by atomic mass is 10.1. The zero-order valence-electron chi connectivity index (χ0n) is 15.1. The highest BCUT2D eigenvalue weighted by molar-refractivity contribution is 6.30. The molecule has 0 spiro atoms. The average Bonchev–Trinajstić information content (AvgIpc) is 2.61. The Hall–Kier alpha value is -2.59. The molecule has 2 aromatic carbocycles. The van der Waals surface area contributed by atoms with Crippen molar-refractivity contribution in [3.8, 4) is 0 Å². The van der Waals surface area contributed by atoms with Gasteiger partial charge in [-0.2, -0.15) is 0 Å². The van der Waals surface area contributed by atoms with E-state index in [2.05, 4.69) is 51.8 Å². The molecular weight excluding hydrogens is 344 g/mol. The molecule has 0 aliphatic heterocycles. The van der Waals surface area contributed by atoms with Gasteiger partial charge in [0.15, 0.2) is 0 Å². The van der Waals surface area contributed by atoms with Crippen LogP contribution in [0.15, 0.2) is 54.6 Å². The van der Waals surface area contributed by atoms with Crippen molar-refractivity contribution >= 4 is 23.2 Å². The van der Waals surface area contributed by atoms with Gasteiger partial charge < -0.3 is 10.6 Å². The maximum Gasteiger partial charge on any atom is 0.132 e. The Morgan fingerprint density at radius 2 is 1.58 bits per heavy atom. The van der Waals surface area contributed by atoms with E-state index in [-0.39, 0.29) is 0 Å². The molecule has 1 heterocycles. The van der Waals surface area contributed by atoms with E-state index in [0.29, 0.717) is 0 Å². The molecule has 0 aliphatic carbocycles. The molecule has 3 rings (SSSR count). The van der Waals surface area contributed by atoms with Gasteiger partial charge in [0, 0.05) is 24.2 Å². The van der Waals surface area contributed by atoms with Crippen molar-refractivity contribution in [3.63, 3.8) is 0 Å². The summed E-state index contributed by atoms with van der Waals surface area (Å²) < 4.78 is 0. The first kappa shape index (κ1) is 18.2. The van der Waals surface area contributed by atoms with Gasteiger partial charge in [-0.3, -0.25) is 0 Å². The quantitative estimate of drug-likeness (QED) is 0.616. The Labute approximate surface area is 159 Å². The van der Waals surface area contributed by atoms with E-state index in [0.717, 1.165) is 42.0 Å². The van der Waals surface area contributed by atoms with Crippen molar-refractivity contribution in [3.05, 3.63) is 82.1 Å². The van der Waals surface area contributed by atoms with Gasteiger partial charge in [0.2, 0.25) is 0 Å². The summed E-state index contributed by atoms with van der Waals surface area (Å²) >= 11 is 5.92. The number of rotatable bonds is 7. The number of nitrogens with one attached hydrogen (secondary N) is 2. The molecule has 0 saturated heterocycles. The lowest BCUT2D eigenvalue weighted by molar-refractivity contribution is 0.975. The second kappa shape index (κ2) is 8.68. The minimum absolute atomic E-state index is 0.738. The predicted octanol–water partition coefficient (Wildman–Crippen LogP) is 5.01. The first-order valence-corrected chi connectivity index (χ1v) is 9.10. The fourth-order valence-electron chi connectivity index (χ4n) is 2.75. The van der Waals surface area contributed by atoms with Gasteiger partial charge in [0.25, 0.3) is 0 Å². The summed E-state index contributed by atoms with van der Waals surface area (Å²) in [6.45, 7) is 5.54. The number of aromatic nitrogens is 2. The number of nitrogens with zero attached hydrogens (tertiary/aromatic N) is 2. The minimum Gasteiger partial charge on any atom is -0.370 e. The lowest BCUT2D eigenvalue weighted by Gasteiger charge is -2.11. The van der Waals surface area contributed by atoms with Crippen LogP contribution in [0.2, 0.25) is 5.02 Å². The molecule has 26 heavy (non-hydrogen) atoms. The van der Waals surface area contributed by atoms with Gasteiger partial charge >= 0.3 is 0 Å². The second-order valence-electron chi connectivity index (χ2n) is 6.33. The number of benzene rings is 2. The smallest absolute Gasteiger partial charge is 0.132 e. The molecule has 4 nitrogen and oxygen atoms in total. The fraction of sp³-hybridized carbons (Fsp3) is 0.238. The lowest BCUT2D eigenvalue weighted by Crippen LogP contribution is -2.09. The minimum atomic E-state index is 0.738. The first-order valence-electron chi connectivity index (χ1n) is 8.72. The molecule has 0 radical (unpaired) electrons. The van der Waals surface area contributed by atoms with Crippen molar-refractivity contribution in [1.82, 2.24) is 9.97 Å². The van der Waals surface area contributed by atoms with E-state index in [9.17, 15) is 0 Å². The van der Waals surface area contributed by atoms with E-state index in [4.69, 9.17) is 11.6 Å². The SMILES string of the molecule is Cc1cccc(CNc2cc(NCCc3ccc(Cl)cc3)nc(C)n2)c1. The molecule has 2 N–H and O–H groups in total. The van der Waals surface area contributed by atoms with E-state index in [1.807, 2.05) is 37.3 Å². The molecule has 134 valence electrons. The molecule has 0 unspecified atom stereocenters. The van der Waals surface area contributed by atoms with Crippen LogP contribution < -0.4 is 10.6 Å². The number of hydrogen-bond acceptors (Lipinski definition) is 4. The summed E-state index contributed by atoms with van der Waals surface area (Å²) in [7, 11) is 0. The van der Waals surface area contributed by atoms with E-state index in [1.54, 1.807) is 0 Å². The molecule has 0 fully saturated rings. The maximum absolute atomic E-state index is 5.92. The molecule has 0 atom stereocenters. The van der Waals surface area contributed by atoms with Crippen molar-refractivity contribution in [2.24, 2.45) is 0 Å². The van der Waals surface area contributed by atoms with Gasteiger partial charge in [-0.15, -0.1) is 0 Å². The van der Waals surface area contributed by atoms with Crippen LogP contribution in [0.1, 0.15) is 22.5 Å². The Morgan fingerprint density at radius 3 is 2.31 bits per heavy atom. The summed E-state index contributed by atoms with van der Waals surface area (Å²) in [5.74, 6) is 2.40. The molecule has 0 amide bonds. The van der Waals surface area contributed by atoms with Crippen LogP contribution in [0, 0.1) is 13.8 Å². The van der Waals surface area contributed by atoms with Gasteiger partial charge in [-0.25, -0.2) is 9.97 Å². The standard InChI is InChI=1S/C21H23ClN4/c1-15-4-3-5-18(12-15)14-24-21-13-20(25-16(2)26-21)23-11-10-17-6-8-19(22)9-7-17/h3-9,12-13H,10-11,14H2,1-2H3,(H2,23,24,25,26). The van der Waals surface area contributed by atoms with Crippen LogP contribution in [0.5, 0.6) is 0 Å². The van der Waals surface area contributed by atoms with E-state index < -0.39 is 0 Å². The average molecular weight is 367 g/mol. The third-order valence-electron chi connectivity index (χ3n) is 4.03. The number of anilines is 2. The Morgan fingerprint density at radius 1 is 0.846 bits per heavy atom. The van der Waals surface area contributed by atoms with Crippen LogP contribution in [0.25, 0.3) is 0 Å². The van der Waals surface area contributed by atoms with Crippen molar-refractivity contribution in [2.45, 2.75) is 26.8 Å². The van der Waals surface area contributed by atoms with Gasteiger partial charge in [0.05, 0.1) is 0 Å². The normalized spacial score (nSPS) is 10.6. The van der Waals surface area contributed by atoms with Crippen LogP contribution in [-0.4, -0.2) is 16.5 Å². The molecule has 0 aliphatic rings. The largest absolute Gasteiger partial charge is 0.370 e. The molecule has 0 bridgehead atoms. The third-order valence-corrected chi connectivity index (χ3v) is 4.28. The highest BCUT2D eigenvalue weighted by Crippen LogP contribution is 2.14. The van der Waals surface area contributed by atoms with Crippen molar-refractivity contribution in [2.75, 3.05) is 17.2 Å². The Bertz CT molecular complexity index is 862. The summed E-state index contributed by atoms with van der Waals surface area (Å²) in [6.07, 6.45) is 0.909. The second-order valence-corrected chi connectivity index (χ2v) is 6.77. The van der Waals surface area contributed by atoms with E-state index in [1.165, 1.54) is 16.7 Å². The molecule has 5 heteroatoms. The summed E-state index contributed by atoms with van der Waals surface area (Å²) in [6, 6.07) is 18.3. The number of aryl methyl sites for hydroxylation is 2. The topological polar surface area (TPSA) is 49.8 Å². The molecule has 1 aromatic heterocycles. The van der Waals surface area contributed by atoms with Crippen LogP contribution >= 0.6 is 11.6 Å². The molecule has 3 aromatic rings. The summed E-state index contributed by atoms with van der Waals surface area (Å²) in [4.78, 5) is 8.94. The Balaban J connectivity index is 1.57. The maximum atomic E-state index is 5.92. The first-order chi connectivity index (χ1) is 12.6. The third kappa shape index (κ3) is 5.46. The fourth-order valence-corrected chi connectivity index (χ4v) is 2.88. The van der Waals surface area contributed by atoms with Crippen molar-refractivity contribution in [1.29, 1.82) is 0 Å². The van der Waals surface area contributed by atoms with Gasteiger partial charge in [-0.05, 0) is 43.5 Å². The van der Waals surface area contributed by atoms with Crippen LogP contribution in [-0.2, 0) is 13.0 Å². The summed E-state index contributed by atoms with van der Waals surface area (Å²) in [5.41, 5.74) is 3.73. The van der Waals surface area contributed by atoms with Gasteiger partial charge in [0.1, 0.15) is 17.5 Å². The monoisotopic (exact) mass is 366 g/mol. The summed E-state index contributed by atoms with van der Waals surface area (Å²) in [5, 5.41) is 7.51. The molecular formula is C21H23ClN4. The van der Waals surface area contributed by atoms with Crippen LogP contribution in [0.4, 0.5) is 11.6 Å². The highest BCUT2D eigenvalue weighted by Gasteiger charge is 2.03. The van der Waals surface area contributed by atoms with Crippen LogP contribution in [0.3, 0.4) is 0 Å². The number of hydrogen-bond donors (Lipinski definition) is 2. The number of halogens is 1. The Kier molecular flexibility index (Phi) is 6.08. The molecule has 0 saturated carbocycles. The van der Waals surface area contributed by atoms with E-state index >= 15 is 0 Å². The zero-order valence-corrected chi connectivity index (χ0v) is 15.8. The predicted molar refractivity (Wildman–Crippen MR) is 109 cm³/mol. The highest BCUT2D eigenvalue weighted by atomic mass is 35.5. The van der Waals surface area contributed by atoms with Crippen molar-refractivity contribution < 1.29 is 0 Å².